The Morgan fingerprint density at radius 1 is 1.06 bits per heavy atom. The number of hydrogen-bond acceptors (Lipinski definition) is 4. The summed E-state index contributed by atoms with van der Waals surface area (Å²) in [7, 11) is 0. The number of nitrogens with two attached hydrogens (primary N) is 1. The molecule has 0 heterocycles. The second kappa shape index (κ2) is 7.68. The molecule has 5 amide bonds. The van der Waals surface area contributed by atoms with E-state index in [1.165, 1.54) is 0 Å². The van der Waals surface area contributed by atoms with Crippen LogP contribution in [0.15, 0.2) is 12.2 Å². The van der Waals surface area contributed by atoms with Gasteiger partial charge in [-0.05, 0) is 0 Å². The minimum absolute atomic E-state index is 0.0741. The van der Waals surface area contributed by atoms with Gasteiger partial charge in [0.1, 0.15) is 0 Å². The van der Waals surface area contributed by atoms with Gasteiger partial charge in [-0.1, -0.05) is 0 Å². The summed E-state index contributed by atoms with van der Waals surface area (Å²) < 4.78 is 0. The predicted octanol–water partition coefficient (Wildman–Crippen LogP) is -1.88. The minimum Gasteiger partial charge on any atom is -0.478 e. The van der Waals surface area contributed by atoms with Crippen LogP contribution in [0.2, 0.25) is 0 Å². The van der Waals surface area contributed by atoms with Gasteiger partial charge in [0.05, 0.1) is 0 Å². The van der Waals surface area contributed by atoms with Crippen molar-refractivity contribution in [1.82, 2.24) is 16.0 Å². The highest BCUT2D eigenvalue weighted by molar-refractivity contribution is 6.02. The van der Waals surface area contributed by atoms with Gasteiger partial charge in [0.2, 0.25) is 0 Å². The summed E-state index contributed by atoms with van der Waals surface area (Å²) in [6.45, 7) is 0.187. The first kappa shape index (κ1) is 14.4. The van der Waals surface area contributed by atoms with Crippen LogP contribution in [-0.2, 0) is 9.59 Å². The zero-order chi connectivity index (χ0) is 13.3. The van der Waals surface area contributed by atoms with Crippen LogP contribution in [0.1, 0.15) is 0 Å². The van der Waals surface area contributed by atoms with Crippen molar-refractivity contribution in [3.05, 3.63) is 12.2 Å². The third-order valence-electron chi connectivity index (χ3n) is 1.32. The number of carbonyl (C=O) groups is 4. The van der Waals surface area contributed by atoms with E-state index in [-0.39, 0.29) is 13.1 Å². The maximum absolute atomic E-state index is 11.0. The average molecular weight is 244 g/mol. The molecule has 9 heteroatoms. The summed E-state index contributed by atoms with van der Waals surface area (Å²) in [4.78, 5) is 42.1. The molecule has 0 aliphatic heterocycles. The Morgan fingerprint density at radius 2 is 1.65 bits per heavy atom. The Balaban J connectivity index is 3.75. The zero-order valence-electron chi connectivity index (χ0n) is 8.73. The molecule has 0 saturated heterocycles. The van der Waals surface area contributed by atoms with Crippen molar-refractivity contribution in [3.63, 3.8) is 0 Å². The average Bonchev–Trinajstić information content (AvgIpc) is 2.21. The van der Waals surface area contributed by atoms with Gasteiger partial charge in [0, 0.05) is 25.2 Å². The number of rotatable bonds is 5. The number of carbonyl (C=O) groups excluding carboxylic acids is 3. The number of imide groups is 1. The second-order valence-electron chi connectivity index (χ2n) is 2.71. The number of primary amides is 1. The van der Waals surface area contributed by atoms with Crippen LogP contribution in [0.4, 0.5) is 9.59 Å². The number of urea groups is 2. The molecule has 0 atom stereocenters. The molecular weight excluding hydrogens is 232 g/mol. The Kier molecular flexibility index (Phi) is 6.51. The van der Waals surface area contributed by atoms with Crippen LogP contribution in [0.25, 0.3) is 0 Å². The molecule has 0 aliphatic carbocycles. The Labute approximate surface area is 96.0 Å². The smallest absolute Gasteiger partial charge is 0.328 e. The molecule has 0 aliphatic rings. The predicted molar refractivity (Wildman–Crippen MR) is 55.9 cm³/mol. The van der Waals surface area contributed by atoms with Gasteiger partial charge in [0.25, 0.3) is 5.91 Å². The van der Waals surface area contributed by atoms with Gasteiger partial charge in [-0.15, -0.1) is 0 Å². The van der Waals surface area contributed by atoms with Crippen LogP contribution in [0, 0.1) is 0 Å². The molecule has 0 saturated carbocycles. The minimum atomic E-state index is -1.30. The Morgan fingerprint density at radius 3 is 2.18 bits per heavy atom. The lowest BCUT2D eigenvalue weighted by Crippen LogP contribution is -2.43. The lowest BCUT2D eigenvalue weighted by molar-refractivity contribution is -0.131. The first-order valence-corrected chi connectivity index (χ1v) is 4.45. The van der Waals surface area contributed by atoms with E-state index in [0.717, 1.165) is 0 Å². The van der Waals surface area contributed by atoms with Gasteiger partial charge in [-0.2, -0.15) is 0 Å². The summed E-state index contributed by atoms with van der Waals surface area (Å²) >= 11 is 0. The monoisotopic (exact) mass is 244 g/mol. The topological polar surface area (TPSA) is 151 Å². The summed E-state index contributed by atoms with van der Waals surface area (Å²) in [5.74, 6) is -2.17. The number of carboxylic acids is 1. The molecule has 94 valence electrons. The van der Waals surface area contributed by atoms with Crippen molar-refractivity contribution in [2.45, 2.75) is 0 Å². The van der Waals surface area contributed by atoms with Crippen molar-refractivity contribution >= 4 is 23.9 Å². The van der Waals surface area contributed by atoms with E-state index in [4.69, 9.17) is 10.8 Å². The summed E-state index contributed by atoms with van der Waals surface area (Å²) in [5, 5.41) is 14.5. The molecule has 9 nitrogen and oxygen atoms in total. The van der Waals surface area contributed by atoms with Crippen LogP contribution in [-0.4, -0.2) is 42.1 Å². The lowest BCUT2D eigenvalue weighted by Gasteiger charge is -2.04. The molecular formula is C8H12N4O5. The van der Waals surface area contributed by atoms with E-state index in [0.29, 0.717) is 12.2 Å². The fourth-order valence-electron chi connectivity index (χ4n) is 0.706. The standard InChI is InChI=1S/C8H12N4O5/c9-7(16)10-3-4-11-8(17)12-5(13)1-2-6(14)15/h1-2H,3-4H2,(H,14,15)(H3,9,10,16)(H2,11,12,13,17)/b2-1+. The first-order chi connectivity index (χ1) is 7.91. The zero-order valence-corrected chi connectivity index (χ0v) is 8.73. The number of aliphatic carboxylic acids is 1. The lowest BCUT2D eigenvalue weighted by atomic mass is 10.5. The molecule has 0 fully saturated rings. The van der Waals surface area contributed by atoms with Crippen LogP contribution >= 0.6 is 0 Å². The van der Waals surface area contributed by atoms with Crippen LogP contribution in [0.3, 0.4) is 0 Å². The molecule has 0 aromatic heterocycles. The van der Waals surface area contributed by atoms with E-state index in [1.54, 1.807) is 0 Å². The number of carboxylic acid groups (broad SMARTS) is 1. The highest BCUT2D eigenvalue weighted by Gasteiger charge is 2.03. The SMILES string of the molecule is NC(=O)NCCNC(=O)NC(=O)/C=C/C(=O)O. The van der Waals surface area contributed by atoms with Gasteiger partial charge in [0.15, 0.2) is 0 Å². The van der Waals surface area contributed by atoms with Crippen molar-refractivity contribution < 1.29 is 24.3 Å². The van der Waals surface area contributed by atoms with E-state index in [9.17, 15) is 19.2 Å². The molecule has 0 bridgehead atoms. The van der Waals surface area contributed by atoms with Gasteiger partial charge >= 0.3 is 18.0 Å². The highest BCUT2D eigenvalue weighted by Crippen LogP contribution is 1.75. The van der Waals surface area contributed by atoms with Gasteiger partial charge in [-0.25, -0.2) is 14.4 Å². The normalized spacial score (nSPS) is 9.65. The molecule has 0 spiro atoms. The Bertz CT molecular complexity index is 352. The van der Waals surface area contributed by atoms with E-state index >= 15 is 0 Å². The molecule has 0 aromatic carbocycles. The fourth-order valence-corrected chi connectivity index (χ4v) is 0.706. The second-order valence-corrected chi connectivity index (χ2v) is 2.71. The van der Waals surface area contributed by atoms with E-state index in [2.05, 4.69) is 10.6 Å². The maximum atomic E-state index is 11.0. The van der Waals surface area contributed by atoms with Crippen molar-refractivity contribution in [1.29, 1.82) is 0 Å². The molecule has 0 radical (unpaired) electrons. The highest BCUT2D eigenvalue weighted by atomic mass is 16.4. The maximum Gasteiger partial charge on any atom is 0.328 e. The number of amides is 5. The summed E-state index contributed by atoms with van der Waals surface area (Å²) in [6.07, 6.45) is 1.29. The van der Waals surface area contributed by atoms with Crippen molar-refractivity contribution in [2.75, 3.05) is 13.1 Å². The van der Waals surface area contributed by atoms with Gasteiger partial charge < -0.3 is 21.5 Å². The molecule has 0 aromatic rings. The molecule has 0 unspecified atom stereocenters. The van der Waals surface area contributed by atoms with Crippen LogP contribution < -0.4 is 21.7 Å². The molecule has 17 heavy (non-hydrogen) atoms. The van der Waals surface area contributed by atoms with E-state index in [1.807, 2.05) is 5.32 Å². The largest absolute Gasteiger partial charge is 0.478 e. The molecule has 0 rings (SSSR count). The third kappa shape index (κ3) is 9.72. The van der Waals surface area contributed by atoms with Crippen molar-refractivity contribution in [2.24, 2.45) is 5.73 Å². The van der Waals surface area contributed by atoms with Crippen molar-refractivity contribution in [3.8, 4) is 0 Å². The number of nitrogens with one attached hydrogen (secondary N) is 3. The van der Waals surface area contributed by atoms with Gasteiger partial charge in [-0.3, -0.25) is 10.1 Å². The quantitative estimate of drug-likeness (QED) is 0.283. The summed E-state index contributed by atoms with van der Waals surface area (Å²) in [6, 6.07) is -1.54. The molecule has 6 N–H and O–H groups in total. The Hall–Kier alpha value is -2.58. The van der Waals surface area contributed by atoms with E-state index < -0.39 is 23.9 Å². The summed E-state index contributed by atoms with van der Waals surface area (Å²) in [5.41, 5.74) is 4.76. The third-order valence-corrected chi connectivity index (χ3v) is 1.32. The fraction of sp³-hybridized carbons (Fsp3) is 0.250. The van der Waals surface area contributed by atoms with Crippen LogP contribution in [0.5, 0.6) is 0 Å². The number of hydrogen-bond donors (Lipinski definition) is 5. The first-order valence-electron chi connectivity index (χ1n) is 4.45.